The highest BCUT2D eigenvalue weighted by molar-refractivity contribution is 5.80. The number of fused-ring (bicyclic) bond motifs is 1. The van der Waals surface area contributed by atoms with Gasteiger partial charge >= 0.3 is 0 Å². The fourth-order valence-electron chi connectivity index (χ4n) is 4.09. The zero-order chi connectivity index (χ0) is 20.2. The first-order valence-corrected chi connectivity index (χ1v) is 10.1. The van der Waals surface area contributed by atoms with E-state index < -0.39 is 0 Å². The van der Waals surface area contributed by atoms with Crippen molar-refractivity contribution in [2.45, 2.75) is 19.3 Å². The van der Waals surface area contributed by atoms with Crippen LogP contribution in [0.3, 0.4) is 0 Å². The molecule has 0 aliphatic carbocycles. The number of carbonyl (C=O) groups excluding carboxylic acids is 1. The first-order chi connectivity index (χ1) is 14.1. The van der Waals surface area contributed by atoms with Gasteiger partial charge in [0.25, 0.3) is 0 Å². The normalized spacial score (nSPS) is 21.1. The zero-order valence-electron chi connectivity index (χ0n) is 16.6. The van der Waals surface area contributed by atoms with E-state index in [0.29, 0.717) is 26.2 Å². The van der Waals surface area contributed by atoms with Crippen LogP contribution in [0.4, 0.5) is 4.39 Å². The van der Waals surface area contributed by atoms with E-state index in [1.165, 1.54) is 6.07 Å². The molecule has 0 N–H and O–H groups in total. The number of likely N-dealkylation sites (tertiary alicyclic amines) is 1. The molecule has 1 saturated heterocycles. The highest BCUT2D eigenvalue weighted by Gasteiger charge is 2.32. The van der Waals surface area contributed by atoms with Gasteiger partial charge in [0.2, 0.25) is 5.91 Å². The summed E-state index contributed by atoms with van der Waals surface area (Å²) < 4.78 is 30.5. The fourth-order valence-corrected chi connectivity index (χ4v) is 4.09. The molecular weight excluding hydrogens is 373 g/mol. The number of amides is 1. The van der Waals surface area contributed by atoms with E-state index in [0.717, 1.165) is 36.4 Å². The summed E-state index contributed by atoms with van der Waals surface area (Å²) in [5, 5.41) is 0. The summed E-state index contributed by atoms with van der Waals surface area (Å²) in [5.41, 5.74) is 1.00. The van der Waals surface area contributed by atoms with Crippen LogP contribution in [0.1, 0.15) is 18.4 Å². The maximum atomic E-state index is 13.8. The third kappa shape index (κ3) is 4.47. The molecule has 0 saturated carbocycles. The largest absolute Gasteiger partial charge is 0.497 e. The summed E-state index contributed by atoms with van der Waals surface area (Å²) in [5.74, 6) is 1.62. The van der Waals surface area contributed by atoms with Crippen LogP contribution in [-0.2, 0) is 11.2 Å². The van der Waals surface area contributed by atoms with E-state index in [1.54, 1.807) is 25.3 Å². The highest BCUT2D eigenvalue weighted by Crippen LogP contribution is 2.32. The Morgan fingerprint density at radius 3 is 2.97 bits per heavy atom. The molecule has 2 aromatic carbocycles. The molecule has 154 valence electrons. The van der Waals surface area contributed by atoms with Crippen molar-refractivity contribution < 1.29 is 23.4 Å². The average molecular weight is 399 g/mol. The van der Waals surface area contributed by atoms with Crippen LogP contribution in [-0.4, -0.2) is 44.2 Å². The molecule has 1 amide bonds. The van der Waals surface area contributed by atoms with Gasteiger partial charge in [-0.15, -0.1) is 0 Å². The zero-order valence-corrected chi connectivity index (χ0v) is 16.6. The Morgan fingerprint density at radius 1 is 1.28 bits per heavy atom. The summed E-state index contributed by atoms with van der Waals surface area (Å²) in [6.07, 6.45) is 2.55. The molecule has 2 heterocycles. The molecule has 5 nitrogen and oxygen atoms in total. The summed E-state index contributed by atoms with van der Waals surface area (Å²) in [6.45, 7) is 2.18. The number of piperidine rings is 1. The van der Waals surface area contributed by atoms with E-state index >= 15 is 0 Å². The second-order valence-corrected chi connectivity index (χ2v) is 7.72. The Bertz CT molecular complexity index is 872. The Morgan fingerprint density at radius 2 is 2.14 bits per heavy atom. The summed E-state index contributed by atoms with van der Waals surface area (Å²) in [4.78, 5) is 15.0. The van der Waals surface area contributed by atoms with Gasteiger partial charge in [0.05, 0.1) is 19.6 Å². The van der Waals surface area contributed by atoms with Crippen molar-refractivity contribution in [3.05, 3.63) is 53.8 Å². The van der Waals surface area contributed by atoms with Crippen molar-refractivity contribution in [1.29, 1.82) is 0 Å². The van der Waals surface area contributed by atoms with Crippen LogP contribution in [0, 0.1) is 17.7 Å². The lowest BCUT2D eigenvalue weighted by atomic mass is 9.93. The molecule has 2 unspecified atom stereocenters. The van der Waals surface area contributed by atoms with E-state index in [4.69, 9.17) is 14.2 Å². The number of hydrogen-bond donors (Lipinski definition) is 0. The lowest BCUT2D eigenvalue weighted by molar-refractivity contribution is -0.139. The predicted octanol–water partition coefficient (Wildman–Crippen LogP) is 3.70. The van der Waals surface area contributed by atoms with Gasteiger partial charge in [0.1, 0.15) is 18.1 Å². The Kier molecular flexibility index (Phi) is 5.88. The Balaban J connectivity index is 1.35. The minimum Gasteiger partial charge on any atom is -0.497 e. The third-order valence-corrected chi connectivity index (χ3v) is 5.67. The molecule has 6 heteroatoms. The van der Waals surface area contributed by atoms with Gasteiger partial charge in [-0.25, -0.2) is 4.39 Å². The minimum atomic E-state index is -0.357. The molecule has 0 spiro atoms. The van der Waals surface area contributed by atoms with Crippen molar-refractivity contribution in [2.75, 3.05) is 33.4 Å². The molecule has 0 radical (unpaired) electrons. The van der Waals surface area contributed by atoms with Crippen LogP contribution < -0.4 is 14.2 Å². The van der Waals surface area contributed by atoms with Gasteiger partial charge in [-0.3, -0.25) is 4.79 Å². The van der Waals surface area contributed by atoms with Gasteiger partial charge in [-0.2, -0.15) is 0 Å². The lowest BCUT2D eigenvalue weighted by Gasteiger charge is -2.36. The van der Waals surface area contributed by atoms with Gasteiger partial charge in [0, 0.05) is 19.0 Å². The van der Waals surface area contributed by atoms with E-state index in [-0.39, 0.29) is 29.3 Å². The topological polar surface area (TPSA) is 48.0 Å². The van der Waals surface area contributed by atoms with Crippen molar-refractivity contribution in [1.82, 2.24) is 4.90 Å². The van der Waals surface area contributed by atoms with Gasteiger partial charge < -0.3 is 19.1 Å². The summed E-state index contributed by atoms with van der Waals surface area (Å²) in [7, 11) is 1.63. The van der Waals surface area contributed by atoms with E-state index in [9.17, 15) is 9.18 Å². The number of hydrogen-bond acceptors (Lipinski definition) is 4. The average Bonchev–Trinajstić information content (AvgIpc) is 2.77. The van der Waals surface area contributed by atoms with Crippen molar-refractivity contribution in [2.24, 2.45) is 11.8 Å². The number of benzene rings is 2. The molecule has 4 rings (SSSR count). The van der Waals surface area contributed by atoms with E-state index in [2.05, 4.69) is 0 Å². The number of methoxy groups -OCH3 is 1. The van der Waals surface area contributed by atoms with Gasteiger partial charge in [0.15, 0.2) is 11.6 Å². The molecular formula is C23H26FNO4. The Hall–Kier alpha value is -2.76. The van der Waals surface area contributed by atoms with Crippen molar-refractivity contribution in [3.8, 4) is 17.2 Å². The molecule has 2 aliphatic rings. The number of ether oxygens (including phenoxy) is 3. The number of carbonyl (C=O) groups is 1. The summed E-state index contributed by atoms with van der Waals surface area (Å²) >= 11 is 0. The van der Waals surface area contributed by atoms with Crippen LogP contribution in [0.2, 0.25) is 0 Å². The van der Waals surface area contributed by atoms with E-state index in [1.807, 2.05) is 23.1 Å². The van der Waals surface area contributed by atoms with Crippen molar-refractivity contribution >= 4 is 5.91 Å². The number of halogens is 1. The molecule has 0 aromatic heterocycles. The van der Waals surface area contributed by atoms with Crippen molar-refractivity contribution in [3.63, 3.8) is 0 Å². The Labute approximate surface area is 170 Å². The molecule has 1 fully saturated rings. The van der Waals surface area contributed by atoms with Crippen LogP contribution >= 0.6 is 0 Å². The van der Waals surface area contributed by atoms with Gasteiger partial charge in [-0.1, -0.05) is 12.1 Å². The second-order valence-electron chi connectivity index (χ2n) is 7.72. The monoisotopic (exact) mass is 399 g/mol. The quantitative estimate of drug-likeness (QED) is 0.769. The molecule has 2 atom stereocenters. The molecule has 2 aromatic rings. The minimum absolute atomic E-state index is 0.120. The SMILES string of the molecule is COc1ccc2c(c1)CC(C(=O)N1CCCC(COc3ccccc3F)C1)CO2. The number of para-hydroxylation sites is 1. The van der Waals surface area contributed by atoms with Crippen LogP contribution in [0.5, 0.6) is 17.2 Å². The van der Waals surface area contributed by atoms with Gasteiger partial charge in [-0.05, 0) is 55.2 Å². The number of rotatable bonds is 5. The summed E-state index contributed by atoms with van der Waals surface area (Å²) in [6, 6.07) is 12.1. The third-order valence-electron chi connectivity index (χ3n) is 5.67. The molecule has 2 aliphatic heterocycles. The fraction of sp³-hybridized carbons (Fsp3) is 0.435. The standard InChI is InChI=1S/C23H26FNO4/c1-27-19-8-9-21-17(12-19)11-18(15-29-21)23(26)25-10-4-5-16(13-25)14-28-22-7-3-2-6-20(22)24/h2-3,6-9,12,16,18H,4-5,10-11,13-15H2,1H3. The lowest BCUT2D eigenvalue weighted by Crippen LogP contribution is -2.46. The molecule has 0 bridgehead atoms. The highest BCUT2D eigenvalue weighted by atomic mass is 19.1. The number of nitrogens with zero attached hydrogens (tertiary/aromatic N) is 1. The first-order valence-electron chi connectivity index (χ1n) is 10.1. The maximum Gasteiger partial charge on any atom is 0.229 e. The second kappa shape index (κ2) is 8.72. The smallest absolute Gasteiger partial charge is 0.229 e. The first kappa shape index (κ1) is 19.6. The maximum absolute atomic E-state index is 13.8. The van der Waals surface area contributed by atoms with Crippen LogP contribution in [0.15, 0.2) is 42.5 Å². The predicted molar refractivity (Wildman–Crippen MR) is 107 cm³/mol. The van der Waals surface area contributed by atoms with Crippen LogP contribution in [0.25, 0.3) is 0 Å². The molecule has 29 heavy (non-hydrogen) atoms.